The van der Waals surface area contributed by atoms with E-state index in [1.807, 2.05) is 52.4 Å². The highest BCUT2D eigenvalue weighted by Crippen LogP contribution is 2.23. The van der Waals surface area contributed by atoms with E-state index in [1.54, 1.807) is 0 Å². The van der Waals surface area contributed by atoms with Crippen LogP contribution in [0.25, 0.3) is 0 Å². The number of nitrogens with zero attached hydrogens (tertiary/aromatic N) is 4. The topological polar surface area (TPSA) is 56.8 Å². The van der Waals surface area contributed by atoms with Gasteiger partial charge in [0.15, 0.2) is 0 Å². The molecule has 170 valence electrons. The van der Waals surface area contributed by atoms with Gasteiger partial charge in [-0.2, -0.15) is 0 Å². The number of piperazine rings is 1. The molecule has 1 atom stereocenters. The lowest BCUT2D eigenvalue weighted by molar-refractivity contribution is -0.133. The van der Waals surface area contributed by atoms with Gasteiger partial charge in [-0.05, 0) is 49.3 Å². The van der Waals surface area contributed by atoms with Crippen LogP contribution in [0.2, 0.25) is 0 Å². The number of anilines is 1. The lowest BCUT2D eigenvalue weighted by atomic mass is 9.92. The Balaban J connectivity index is 1.17. The molecular weight excluding hydrogens is 400 g/mol. The summed E-state index contributed by atoms with van der Waals surface area (Å²) >= 11 is 0. The maximum atomic E-state index is 12.8. The van der Waals surface area contributed by atoms with E-state index in [-0.39, 0.29) is 11.8 Å². The second kappa shape index (κ2) is 11.1. The van der Waals surface area contributed by atoms with E-state index in [2.05, 4.69) is 22.0 Å². The van der Waals surface area contributed by atoms with E-state index in [0.717, 1.165) is 70.8 Å². The standard InChI is InChI=1S/C26H34N4O2/c31-25(29-19-17-28(18-20-29)24-10-4-5-15-27-24)14-12-23-9-6-16-30(21-23)26(32)13-11-22-7-2-1-3-8-22/h1-5,7-8,10,15,23H,6,9,11-14,16-21H2/t23-/m1/s1. The Labute approximate surface area is 191 Å². The Morgan fingerprint density at radius 3 is 2.34 bits per heavy atom. The minimum absolute atomic E-state index is 0.246. The third-order valence-electron chi connectivity index (χ3n) is 6.71. The molecule has 2 fully saturated rings. The van der Waals surface area contributed by atoms with Crippen molar-refractivity contribution in [2.45, 2.75) is 38.5 Å². The number of hydrogen-bond donors (Lipinski definition) is 0. The van der Waals surface area contributed by atoms with Crippen LogP contribution >= 0.6 is 0 Å². The molecule has 2 aliphatic rings. The average molecular weight is 435 g/mol. The van der Waals surface area contributed by atoms with Crippen LogP contribution in [0.5, 0.6) is 0 Å². The molecule has 2 saturated heterocycles. The molecule has 0 unspecified atom stereocenters. The highest BCUT2D eigenvalue weighted by molar-refractivity contribution is 5.77. The molecule has 6 nitrogen and oxygen atoms in total. The minimum Gasteiger partial charge on any atom is -0.353 e. The number of benzene rings is 1. The third-order valence-corrected chi connectivity index (χ3v) is 6.71. The fourth-order valence-electron chi connectivity index (χ4n) is 4.79. The first-order valence-electron chi connectivity index (χ1n) is 11.9. The second-order valence-electron chi connectivity index (χ2n) is 8.93. The van der Waals surface area contributed by atoms with Gasteiger partial charge in [0, 0.05) is 58.3 Å². The summed E-state index contributed by atoms with van der Waals surface area (Å²) in [6.45, 7) is 4.82. The first-order chi connectivity index (χ1) is 15.7. The summed E-state index contributed by atoms with van der Waals surface area (Å²) in [4.78, 5) is 36.1. The number of pyridine rings is 1. The van der Waals surface area contributed by atoms with Gasteiger partial charge in [-0.15, -0.1) is 0 Å². The number of aryl methyl sites for hydroxylation is 1. The van der Waals surface area contributed by atoms with Gasteiger partial charge < -0.3 is 14.7 Å². The van der Waals surface area contributed by atoms with Crippen LogP contribution in [-0.4, -0.2) is 65.9 Å². The van der Waals surface area contributed by atoms with Gasteiger partial charge in [-0.1, -0.05) is 36.4 Å². The highest BCUT2D eigenvalue weighted by Gasteiger charge is 2.26. The normalized spacial score (nSPS) is 19.1. The number of amides is 2. The van der Waals surface area contributed by atoms with Crippen LogP contribution in [0.3, 0.4) is 0 Å². The number of aromatic nitrogens is 1. The van der Waals surface area contributed by atoms with Crippen molar-refractivity contribution in [1.82, 2.24) is 14.8 Å². The Morgan fingerprint density at radius 1 is 0.844 bits per heavy atom. The van der Waals surface area contributed by atoms with Crippen molar-refractivity contribution in [3.63, 3.8) is 0 Å². The van der Waals surface area contributed by atoms with Crippen molar-refractivity contribution in [2.24, 2.45) is 5.92 Å². The fourth-order valence-corrected chi connectivity index (χ4v) is 4.79. The van der Waals surface area contributed by atoms with Gasteiger partial charge in [-0.25, -0.2) is 4.98 Å². The number of hydrogen-bond acceptors (Lipinski definition) is 4. The smallest absolute Gasteiger partial charge is 0.222 e. The summed E-state index contributed by atoms with van der Waals surface area (Å²) in [6, 6.07) is 16.1. The molecule has 0 radical (unpaired) electrons. The molecule has 4 rings (SSSR count). The van der Waals surface area contributed by atoms with E-state index in [4.69, 9.17) is 0 Å². The molecule has 6 heteroatoms. The summed E-state index contributed by atoms with van der Waals surface area (Å²) in [5.74, 6) is 1.91. The van der Waals surface area contributed by atoms with E-state index in [0.29, 0.717) is 18.8 Å². The number of rotatable bonds is 7. The zero-order valence-electron chi connectivity index (χ0n) is 18.9. The lowest BCUT2D eigenvalue weighted by Crippen LogP contribution is -2.49. The van der Waals surface area contributed by atoms with Gasteiger partial charge in [0.05, 0.1) is 0 Å². The lowest BCUT2D eigenvalue weighted by Gasteiger charge is -2.36. The van der Waals surface area contributed by atoms with Crippen molar-refractivity contribution in [3.05, 3.63) is 60.3 Å². The Morgan fingerprint density at radius 2 is 1.59 bits per heavy atom. The first-order valence-corrected chi connectivity index (χ1v) is 11.9. The Hall–Kier alpha value is -2.89. The van der Waals surface area contributed by atoms with Crippen molar-refractivity contribution >= 4 is 17.6 Å². The molecule has 2 aliphatic heterocycles. The van der Waals surface area contributed by atoms with Crippen LogP contribution in [0.15, 0.2) is 54.7 Å². The van der Waals surface area contributed by atoms with Crippen LogP contribution in [0.4, 0.5) is 5.82 Å². The molecule has 0 bridgehead atoms. The number of likely N-dealkylation sites (tertiary alicyclic amines) is 1. The average Bonchev–Trinajstić information content (AvgIpc) is 2.87. The Bertz CT molecular complexity index is 866. The summed E-state index contributed by atoms with van der Waals surface area (Å²) < 4.78 is 0. The van der Waals surface area contributed by atoms with Gasteiger partial charge in [-0.3, -0.25) is 9.59 Å². The minimum atomic E-state index is 0.246. The van der Waals surface area contributed by atoms with E-state index in [1.165, 1.54) is 5.56 Å². The number of carbonyl (C=O) groups excluding carboxylic acids is 2. The number of piperidine rings is 1. The molecular formula is C26H34N4O2. The van der Waals surface area contributed by atoms with Crippen LogP contribution in [0.1, 0.15) is 37.7 Å². The molecule has 32 heavy (non-hydrogen) atoms. The first kappa shape index (κ1) is 22.3. The van der Waals surface area contributed by atoms with E-state index < -0.39 is 0 Å². The van der Waals surface area contributed by atoms with Crippen molar-refractivity contribution in [1.29, 1.82) is 0 Å². The second-order valence-corrected chi connectivity index (χ2v) is 8.93. The molecule has 1 aromatic heterocycles. The zero-order chi connectivity index (χ0) is 22.2. The summed E-state index contributed by atoms with van der Waals surface area (Å²) in [5.41, 5.74) is 1.21. The number of carbonyl (C=O) groups is 2. The van der Waals surface area contributed by atoms with Gasteiger partial charge in [0.25, 0.3) is 0 Å². The third kappa shape index (κ3) is 6.09. The summed E-state index contributed by atoms with van der Waals surface area (Å²) in [5, 5.41) is 0. The Kier molecular flexibility index (Phi) is 7.75. The SMILES string of the molecule is O=C(CC[C@H]1CCCN(C(=O)CCc2ccccc2)C1)N1CCN(c2ccccn2)CC1. The molecule has 2 amide bonds. The van der Waals surface area contributed by atoms with Crippen LogP contribution in [-0.2, 0) is 16.0 Å². The summed E-state index contributed by atoms with van der Waals surface area (Å²) in [7, 11) is 0. The van der Waals surface area contributed by atoms with E-state index in [9.17, 15) is 9.59 Å². The predicted molar refractivity (Wildman–Crippen MR) is 126 cm³/mol. The van der Waals surface area contributed by atoms with Gasteiger partial charge >= 0.3 is 0 Å². The zero-order valence-corrected chi connectivity index (χ0v) is 18.9. The fraction of sp³-hybridized carbons (Fsp3) is 0.500. The van der Waals surface area contributed by atoms with Crippen molar-refractivity contribution in [3.8, 4) is 0 Å². The molecule has 0 spiro atoms. The molecule has 0 saturated carbocycles. The molecule has 0 aliphatic carbocycles. The van der Waals surface area contributed by atoms with Crippen molar-refractivity contribution < 1.29 is 9.59 Å². The highest BCUT2D eigenvalue weighted by atomic mass is 16.2. The quantitative estimate of drug-likeness (QED) is 0.670. The predicted octanol–water partition coefficient (Wildman–Crippen LogP) is 3.38. The van der Waals surface area contributed by atoms with Gasteiger partial charge in [0.1, 0.15) is 5.82 Å². The maximum absolute atomic E-state index is 12.8. The summed E-state index contributed by atoms with van der Waals surface area (Å²) in [6.07, 6.45) is 6.79. The molecule has 0 N–H and O–H groups in total. The van der Waals surface area contributed by atoms with Crippen LogP contribution < -0.4 is 4.90 Å². The van der Waals surface area contributed by atoms with Crippen molar-refractivity contribution in [2.75, 3.05) is 44.2 Å². The monoisotopic (exact) mass is 434 g/mol. The molecule has 3 heterocycles. The molecule has 2 aromatic rings. The van der Waals surface area contributed by atoms with E-state index >= 15 is 0 Å². The van der Waals surface area contributed by atoms with Gasteiger partial charge in [0.2, 0.25) is 11.8 Å². The maximum Gasteiger partial charge on any atom is 0.222 e. The largest absolute Gasteiger partial charge is 0.353 e. The van der Waals surface area contributed by atoms with Crippen LogP contribution in [0, 0.1) is 5.92 Å². The molecule has 1 aromatic carbocycles.